The van der Waals surface area contributed by atoms with Crippen LogP contribution in [0.4, 0.5) is 0 Å². The molecule has 1 unspecified atom stereocenters. The lowest BCUT2D eigenvalue weighted by Gasteiger charge is -2.27. The molecule has 0 radical (unpaired) electrons. The predicted octanol–water partition coefficient (Wildman–Crippen LogP) is 2.34. The summed E-state index contributed by atoms with van der Waals surface area (Å²) in [6, 6.07) is 8.82. The summed E-state index contributed by atoms with van der Waals surface area (Å²) in [5, 5.41) is 3.20. The Labute approximate surface area is 156 Å². The lowest BCUT2D eigenvalue weighted by atomic mass is 10.1. The van der Waals surface area contributed by atoms with Gasteiger partial charge in [-0.1, -0.05) is 31.2 Å². The van der Waals surface area contributed by atoms with E-state index in [4.69, 9.17) is 10.5 Å². The molecule has 0 amide bonds. The average Bonchev–Trinajstić information content (AvgIpc) is 2.55. The van der Waals surface area contributed by atoms with Crippen molar-refractivity contribution in [2.75, 3.05) is 26.3 Å². The van der Waals surface area contributed by atoms with Crippen LogP contribution in [-0.2, 0) is 17.8 Å². The van der Waals surface area contributed by atoms with Crippen molar-refractivity contribution < 1.29 is 4.74 Å². The Hall–Kier alpha value is -0.860. The summed E-state index contributed by atoms with van der Waals surface area (Å²) in [4.78, 5) is 6.90. The molecule has 3 N–H and O–H groups in total. The maximum atomic E-state index is 5.94. The lowest BCUT2D eigenvalue weighted by Crippen LogP contribution is -2.38. The number of hydrogen-bond acceptors (Lipinski definition) is 3. The van der Waals surface area contributed by atoms with E-state index < -0.39 is 0 Å². The number of nitrogens with zero attached hydrogens (tertiary/aromatic N) is 2. The molecule has 23 heavy (non-hydrogen) atoms. The second kappa shape index (κ2) is 10.8. The highest BCUT2D eigenvalue weighted by Gasteiger charge is 2.12. The highest BCUT2D eigenvalue weighted by Crippen LogP contribution is 2.14. The number of nitrogens with one attached hydrogen (secondary N) is 1. The van der Waals surface area contributed by atoms with Crippen molar-refractivity contribution >= 4 is 29.9 Å². The fourth-order valence-electron chi connectivity index (χ4n) is 2.44. The third-order valence-corrected chi connectivity index (χ3v) is 4.04. The van der Waals surface area contributed by atoms with Crippen LogP contribution in [0.25, 0.3) is 0 Å². The first-order valence-corrected chi connectivity index (χ1v) is 8.12. The number of hydrogen-bond donors (Lipinski definition) is 2. The summed E-state index contributed by atoms with van der Waals surface area (Å²) >= 11 is 0. The quantitative estimate of drug-likeness (QED) is 0.412. The highest BCUT2D eigenvalue weighted by molar-refractivity contribution is 14.0. The Morgan fingerprint density at radius 3 is 2.61 bits per heavy atom. The van der Waals surface area contributed by atoms with Gasteiger partial charge in [-0.25, -0.2) is 4.99 Å². The van der Waals surface area contributed by atoms with Crippen LogP contribution in [-0.4, -0.2) is 43.2 Å². The molecule has 1 atom stereocenters. The van der Waals surface area contributed by atoms with Crippen LogP contribution in [0.15, 0.2) is 29.3 Å². The van der Waals surface area contributed by atoms with Crippen LogP contribution in [0.3, 0.4) is 0 Å². The number of rotatable bonds is 6. The van der Waals surface area contributed by atoms with E-state index in [2.05, 4.69) is 53.3 Å². The molecule has 0 aromatic heterocycles. The number of ether oxygens (including phenoxy) is 1. The second-order valence-corrected chi connectivity index (χ2v) is 5.81. The van der Waals surface area contributed by atoms with Crippen LogP contribution in [0.5, 0.6) is 0 Å². The van der Waals surface area contributed by atoms with Gasteiger partial charge >= 0.3 is 0 Å². The van der Waals surface area contributed by atoms with Crippen molar-refractivity contribution in [3.05, 3.63) is 35.4 Å². The Balaban J connectivity index is 0.00000264. The second-order valence-electron chi connectivity index (χ2n) is 5.81. The maximum absolute atomic E-state index is 5.94. The molecule has 1 fully saturated rings. The van der Waals surface area contributed by atoms with E-state index in [1.807, 2.05) is 0 Å². The van der Waals surface area contributed by atoms with Gasteiger partial charge in [0.25, 0.3) is 0 Å². The molecular weight excluding hydrogens is 403 g/mol. The summed E-state index contributed by atoms with van der Waals surface area (Å²) in [7, 11) is 0. The topological polar surface area (TPSA) is 62.9 Å². The normalized spacial score (nSPS) is 17.4. The first kappa shape index (κ1) is 20.2. The van der Waals surface area contributed by atoms with Crippen molar-refractivity contribution in [3.63, 3.8) is 0 Å². The van der Waals surface area contributed by atoms with Gasteiger partial charge in [0.1, 0.15) is 0 Å². The highest BCUT2D eigenvalue weighted by atomic mass is 127. The number of benzene rings is 1. The van der Waals surface area contributed by atoms with Crippen molar-refractivity contribution in [2.45, 2.75) is 39.4 Å². The van der Waals surface area contributed by atoms with Gasteiger partial charge in [0.2, 0.25) is 0 Å². The molecule has 2 rings (SSSR count). The molecule has 130 valence electrons. The largest absolute Gasteiger partial charge is 0.379 e. The Morgan fingerprint density at radius 1 is 1.30 bits per heavy atom. The molecule has 0 saturated carbocycles. The number of halogens is 1. The molecule has 1 aliphatic heterocycles. The maximum Gasteiger partial charge on any atom is 0.189 e. The molecule has 1 aromatic rings. The van der Waals surface area contributed by atoms with Gasteiger partial charge in [0, 0.05) is 25.7 Å². The van der Waals surface area contributed by atoms with Crippen LogP contribution in [0, 0.1) is 0 Å². The Morgan fingerprint density at radius 2 is 1.96 bits per heavy atom. The van der Waals surface area contributed by atoms with E-state index in [9.17, 15) is 0 Å². The molecule has 1 aliphatic rings. The standard InChI is InChI=1S/C17H28N4O.HI/c1-3-14(2)20-17(18)19-12-15-6-4-5-7-16(15)13-21-8-10-22-11-9-21;/h4-7,14H,3,8-13H2,1-2H3,(H3,18,19,20);1H. The number of guanidine groups is 1. The van der Waals surface area contributed by atoms with Crippen LogP contribution in [0.1, 0.15) is 31.4 Å². The predicted molar refractivity (Wildman–Crippen MR) is 106 cm³/mol. The molecule has 0 spiro atoms. The van der Waals surface area contributed by atoms with E-state index in [0.717, 1.165) is 39.3 Å². The van der Waals surface area contributed by atoms with Crippen LogP contribution < -0.4 is 11.1 Å². The minimum absolute atomic E-state index is 0. The summed E-state index contributed by atoms with van der Waals surface area (Å²) in [6.07, 6.45) is 1.03. The van der Waals surface area contributed by atoms with E-state index in [0.29, 0.717) is 18.5 Å². The molecule has 5 nitrogen and oxygen atoms in total. The van der Waals surface area contributed by atoms with Gasteiger partial charge in [-0.15, -0.1) is 24.0 Å². The average molecular weight is 432 g/mol. The third-order valence-electron chi connectivity index (χ3n) is 4.04. The van der Waals surface area contributed by atoms with Gasteiger partial charge in [0.15, 0.2) is 5.96 Å². The molecule has 0 bridgehead atoms. The molecule has 1 saturated heterocycles. The van der Waals surface area contributed by atoms with Gasteiger partial charge in [0.05, 0.1) is 19.8 Å². The van der Waals surface area contributed by atoms with Gasteiger partial charge < -0.3 is 15.8 Å². The van der Waals surface area contributed by atoms with Crippen molar-refractivity contribution in [2.24, 2.45) is 10.7 Å². The van der Waals surface area contributed by atoms with Gasteiger partial charge in [-0.05, 0) is 24.5 Å². The smallest absolute Gasteiger partial charge is 0.189 e. The van der Waals surface area contributed by atoms with Crippen LogP contribution >= 0.6 is 24.0 Å². The monoisotopic (exact) mass is 432 g/mol. The van der Waals surface area contributed by atoms with Gasteiger partial charge in [-0.2, -0.15) is 0 Å². The fraction of sp³-hybridized carbons (Fsp3) is 0.588. The summed E-state index contributed by atoms with van der Waals surface area (Å²) in [5.74, 6) is 0.524. The first-order valence-electron chi connectivity index (χ1n) is 8.12. The van der Waals surface area contributed by atoms with Crippen LogP contribution in [0.2, 0.25) is 0 Å². The van der Waals surface area contributed by atoms with Crippen molar-refractivity contribution in [3.8, 4) is 0 Å². The van der Waals surface area contributed by atoms with Crippen molar-refractivity contribution in [1.82, 2.24) is 10.2 Å². The van der Waals surface area contributed by atoms with E-state index in [1.54, 1.807) is 0 Å². The van der Waals surface area contributed by atoms with Crippen molar-refractivity contribution in [1.29, 1.82) is 0 Å². The zero-order chi connectivity index (χ0) is 15.8. The number of aliphatic imine (C=N–C) groups is 1. The summed E-state index contributed by atoms with van der Waals surface area (Å²) < 4.78 is 5.41. The Bertz CT molecular complexity index is 489. The number of morpholine rings is 1. The summed E-state index contributed by atoms with van der Waals surface area (Å²) in [5.41, 5.74) is 8.51. The number of nitrogens with two attached hydrogens (primary N) is 1. The molecule has 0 aliphatic carbocycles. The Kier molecular flexibility index (Phi) is 9.50. The summed E-state index contributed by atoms with van der Waals surface area (Å²) in [6.45, 7) is 9.45. The molecular formula is C17H29IN4O. The lowest BCUT2D eigenvalue weighted by molar-refractivity contribution is 0.0341. The van der Waals surface area contributed by atoms with E-state index >= 15 is 0 Å². The van der Waals surface area contributed by atoms with Gasteiger partial charge in [-0.3, -0.25) is 4.90 Å². The SMILES string of the molecule is CCC(C)NC(N)=NCc1ccccc1CN1CCOCC1.I. The molecule has 1 heterocycles. The molecule has 6 heteroatoms. The van der Waals surface area contributed by atoms with E-state index in [1.165, 1.54) is 11.1 Å². The minimum Gasteiger partial charge on any atom is -0.379 e. The third kappa shape index (κ3) is 7.05. The minimum atomic E-state index is 0. The van der Waals surface area contributed by atoms with E-state index in [-0.39, 0.29) is 24.0 Å². The zero-order valence-corrected chi connectivity index (χ0v) is 16.5. The first-order chi connectivity index (χ1) is 10.7. The fourth-order valence-corrected chi connectivity index (χ4v) is 2.44. The molecule has 1 aromatic carbocycles. The zero-order valence-electron chi connectivity index (χ0n) is 14.1.